The van der Waals surface area contributed by atoms with E-state index in [2.05, 4.69) is 10.3 Å². The van der Waals surface area contributed by atoms with Crippen LogP contribution in [0.1, 0.15) is 6.92 Å². The van der Waals surface area contributed by atoms with E-state index in [1.807, 2.05) is 13.0 Å². The van der Waals surface area contributed by atoms with Gasteiger partial charge in [0.1, 0.15) is 5.15 Å². The molecule has 0 radical (unpaired) electrons. The molecule has 0 unspecified atom stereocenters. The molecule has 1 heterocycles. The predicted octanol–water partition coefficient (Wildman–Crippen LogP) is 4.07. The average molecular weight is 282 g/mol. The molecule has 18 heavy (non-hydrogen) atoms. The predicted molar refractivity (Wildman–Crippen MR) is 78.3 cm³/mol. The van der Waals surface area contributed by atoms with Crippen LogP contribution in [0.25, 0.3) is 11.1 Å². The number of halogens is 2. The van der Waals surface area contributed by atoms with E-state index in [-0.39, 0.29) is 0 Å². The number of rotatable bonds is 3. The Morgan fingerprint density at radius 1 is 1.22 bits per heavy atom. The number of nitrogen functional groups attached to an aromatic ring is 1. The Balaban J connectivity index is 2.57. The Labute approximate surface area is 116 Å². The summed E-state index contributed by atoms with van der Waals surface area (Å²) in [5.41, 5.74) is 9.32. The molecule has 0 fully saturated rings. The zero-order chi connectivity index (χ0) is 13.1. The van der Waals surface area contributed by atoms with Crippen molar-refractivity contribution in [1.29, 1.82) is 0 Å². The number of nitrogens with two attached hydrogens (primary N) is 1. The van der Waals surface area contributed by atoms with Crippen LogP contribution in [-0.4, -0.2) is 11.5 Å². The normalized spacial score (nSPS) is 10.4. The molecule has 1 aromatic heterocycles. The standard InChI is InChI=1S/C13H13Cl2N3/c1-2-17-12-7-18-13(15)6-10(12)9-4-3-8(14)5-11(9)16/h3-7,17H,2,16H2,1H3. The summed E-state index contributed by atoms with van der Waals surface area (Å²) in [7, 11) is 0. The molecule has 0 amide bonds. The number of anilines is 2. The summed E-state index contributed by atoms with van der Waals surface area (Å²) in [6.07, 6.45) is 1.70. The van der Waals surface area contributed by atoms with Gasteiger partial charge in [-0.25, -0.2) is 4.98 Å². The van der Waals surface area contributed by atoms with Gasteiger partial charge in [0.25, 0.3) is 0 Å². The van der Waals surface area contributed by atoms with E-state index < -0.39 is 0 Å². The maximum atomic E-state index is 5.99. The maximum Gasteiger partial charge on any atom is 0.129 e. The quantitative estimate of drug-likeness (QED) is 0.659. The van der Waals surface area contributed by atoms with Crippen molar-refractivity contribution in [2.45, 2.75) is 6.92 Å². The monoisotopic (exact) mass is 281 g/mol. The number of pyridine rings is 1. The number of nitrogens with one attached hydrogen (secondary N) is 1. The highest BCUT2D eigenvalue weighted by molar-refractivity contribution is 6.31. The van der Waals surface area contributed by atoms with Gasteiger partial charge in [0.05, 0.1) is 11.9 Å². The molecule has 0 aliphatic carbocycles. The summed E-state index contributed by atoms with van der Waals surface area (Å²) in [4.78, 5) is 4.07. The van der Waals surface area contributed by atoms with Gasteiger partial charge in [0, 0.05) is 28.4 Å². The molecule has 2 aromatic rings. The number of benzene rings is 1. The highest BCUT2D eigenvalue weighted by Crippen LogP contribution is 2.34. The van der Waals surface area contributed by atoms with Crippen molar-refractivity contribution in [1.82, 2.24) is 4.98 Å². The van der Waals surface area contributed by atoms with Crippen molar-refractivity contribution in [2.24, 2.45) is 0 Å². The van der Waals surface area contributed by atoms with Gasteiger partial charge in [-0.05, 0) is 25.1 Å². The van der Waals surface area contributed by atoms with E-state index in [9.17, 15) is 0 Å². The average Bonchev–Trinajstić information content (AvgIpc) is 2.32. The number of hydrogen-bond donors (Lipinski definition) is 2. The first-order valence-electron chi connectivity index (χ1n) is 5.56. The molecule has 0 aliphatic rings. The highest BCUT2D eigenvalue weighted by atomic mass is 35.5. The van der Waals surface area contributed by atoms with Gasteiger partial charge in [-0.2, -0.15) is 0 Å². The fraction of sp³-hybridized carbons (Fsp3) is 0.154. The minimum absolute atomic E-state index is 0.431. The first-order valence-corrected chi connectivity index (χ1v) is 6.32. The molecule has 0 saturated carbocycles. The highest BCUT2D eigenvalue weighted by Gasteiger charge is 2.09. The number of hydrogen-bond acceptors (Lipinski definition) is 3. The third-order valence-electron chi connectivity index (χ3n) is 2.54. The van der Waals surface area contributed by atoms with Gasteiger partial charge >= 0.3 is 0 Å². The molecule has 1 aromatic carbocycles. The molecular formula is C13H13Cl2N3. The van der Waals surface area contributed by atoms with Crippen LogP contribution in [0, 0.1) is 0 Å². The summed E-state index contributed by atoms with van der Waals surface area (Å²) < 4.78 is 0. The number of aromatic nitrogens is 1. The molecule has 0 aliphatic heterocycles. The minimum atomic E-state index is 0.431. The van der Waals surface area contributed by atoms with Crippen molar-refractivity contribution in [2.75, 3.05) is 17.6 Å². The molecular weight excluding hydrogens is 269 g/mol. The molecule has 0 atom stereocenters. The summed E-state index contributed by atoms with van der Waals surface area (Å²) in [5.74, 6) is 0. The van der Waals surface area contributed by atoms with Crippen LogP contribution in [0.5, 0.6) is 0 Å². The van der Waals surface area contributed by atoms with Gasteiger partial charge in [-0.3, -0.25) is 0 Å². The van der Waals surface area contributed by atoms with Gasteiger partial charge in [0.15, 0.2) is 0 Å². The van der Waals surface area contributed by atoms with Gasteiger partial charge in [0.2, 0.25) is 0 Å². The van der Waals surface area contributed by atoms with E-state index in [4.69, 9.17) is 28.9 Å². The van der Waals surface area contributed by atoms with Gasteiger partial charge in [-0.15, -0.1) is 0 Å². The molecule has 0 spiro atoms. The summed E-state index contributed by atoms with van der Waals surface area (Å²) >= 11 is 11.8. The van der Waals surface area contributed by atoms with Crippen molar-refractivity contribution in [3.05, 3.63) is 40.6 Å². The van der Waals surface area contributed by atoms with Crippen LogP contribution >= 0.6 is 23.2 Å². The Hall–Kier alpha value is -1.45. The van der Waals surface area contributed by atoms with E-state index in [1.165, 1.54) is 0 Å². The first kappa shape index (κ1) is 13.0. The van der Waals surface area contributed by atoms with Crippen molar-refractivity contribution in [3.8, 4) is 11.1 Å². The summed E-state index contributed by atoms with van der Waals surface area (Å²) in [5, 5.41) is 4.28. The Bertz CT molecular complexity index is 570. The lowest BCUT2D eigenvalue weighted by Gasteiger charge is -2.13. The Morgan fingerprint density at radius 2 is 2.00 bits per heavy atom. The van der Waals surface area contributed by atoms with Crippen molar-refractivity contribution < 1.29 is 0 Å². The molecule has 0 bridgehead atoms. The largest absolute Gasteiger partial charge is 0.398 e. The lowest BCUT2D eigenvalue weighted by atomic mass is 10.0. The van der Waals surface area contributed by atoms with Crippen LogP contribution in [0.15, 0.2) is 30.5 Å². The molecule has 0 saturated heterocycles. The van der Waals surface area contributed by atoms with Crippen LogP contribution in [0.2, 0.25) is 10.2 Å². The lowest BCUT2D eigenvalue weighted by molar-refractivity contribution is 1.19. The van der Waals surface area contributed by atoms with E-state index >= 15 is 0 Å². The smallest absolute Gasteiger partial charge is 0.129 e. The van der Waals surface area contributed by atoms with Crippen LogP contribution in [0.4, 0.5) is 11.4 Å². The zero-order valence-electron chi connectivity index (χ0n) is 9.87. The number of nitrogens with zero attached hydrogens (tertiary/aromatic N) is 1. The van der Waals surface area contributed by atoms with E-state index in [0.717, 1.165) is 23.4 Å². The molecule has 94 valence electrons. The topological polar surface area (TPSA) is 50.9 Å². The fourth-order valence-corrected chi connectivity index (χ4v) is 2.10. The van der Waals surface area contributed by atoms with Crippen LogP contribution in [0.3, 0.4) is 0 Å². The second-order valence-corrected chi connectivity index (χ2v) is 4.64. The van der Waals surface area contributed by atoms with E-state index in [1.54, 1.807) is 24.4 Å². The third kappa shape index (κ3) is 2.68. The SMILES string of the molecule is CCNc1cnc(Cl)cc1-c1ccc(Cl)cc1N. The van der Waals surface area contributed by atoms with Crippen molar-refractivity contribution >= 4 is 34.6 Å². The zero-order valence-corrected chi connectivity index (χ0v) is 11.4. The second kappa shape index (κ2) is 5.46. The van der Waals surface area contributed by atoms with Crippen LogP contribution in [-0.2, 0) is 0 Å². The van der Waals surface area contributed by atoms with Crippen molar-refractivity contribution in [3.63, 3.8) is 0 Å². The first-order chi connectivity index (χ1) is 8.61. The molecule has 3 nitrogen and oxygen atoms in total. The molecule has 5 heteroatoms. The fourth-order valence-electron chi connectivity index (χ4n) is 1.76. The Morgan fingerprint density at radius 3 is 2.67 bits per heavy atom. The maximum absolute atomic E-state index is 5.99. The summed E-state index contributed by atoms with van der Waals surface area (Å²) in [6, 6.07) is 7.20. The Kier molecular flexibility index (Phi) is 3.94. The van der Waals surface area contributed by atoms with E-state index in [0.29, 0.717) is 15.9 Å². The lowest BCUT2D eigenvalue weighted by Crippen LogP contribution is -2.01. The summed E-state index contributed by atoms with van der Waals surface area (Å²) in [6.45, 7) is 2.81. The third-order valence-corrected chi connectivity index (χ3v) is 2.98. The molecule has 3 N–H and O–H groups in total. The van der Waals surface area contributed by atoms with Gasteiger partial charge in [-0.1, -0.05) is 29.3 Å². The van der Waals surface area contributed by atoms with Crippen LogP contribution < -0.4 is 11.1 Å². The molecule has 2 rings (SSSR count). The van der Waals surface area contributed by atoms with Gasteiger partial charge < -0.3 is 11.1 Å². The minimum Gasteiger partial charge on any atom is -0.398 e. The second-order valence-electron chi connectivity index (χ2n) is 3.81.